The number of rotatable bonds is 6. The summed E-state index contributed by atoms with van der Waals surface area (Å²) < 4.78 is 36.6. The zero-order chi connectivity index (χ0) is 15.5. The lowest BCUT2D eigenvalue weighted by molar-refractivity contribution is -0.134. The summed E-state index contributed by atoms with van der Waals surface area (Å²) in [5.41, 5.74) is 0.488. The molecule has 6 nitrogen and oxygen atoms in total. The summed E-state index contributed by atoms with van der Waals surface area (Å²) in [7, 11) is -0.802. The molecule has 0 unspecified atom stereocenters. The average molecular weight is 311 g/mol. The molecule has 0 radical (unpaired) electrons. The van der Waals surface area contributed by atoms with Crippen molar-refractivity contribution in [2.24, 2.45) is 0 Å². The summed E-state index contributed by atoms with van der Waals surface area (Å²) in [6.45, 7) is 0. The van der Waals surface area contributed by atoms with E-state index in [0.717, 1.165) is 12.8 Å². The largest absolute Gasteiger partial charge is 0.496 e. The van der Waals surface area contributed by atoms with Crippen LogP contribution in [0, 0.1) is 0 Å². The second-order valence-electron chi connectivity index (χ2n) is 4.66. The van der Waals surface area contributed by atoms with Crippen LogP contribution in [0.15, 0.2) is 29.2 Å². The number of carbonyl (C=O) groups is 1. The Hall–Kier alpha value is -1.86. The molecule has 0 aliphatic heterocycles. The Labute approximate surface area is 123 Å². The highest BCUT2D eigenvalue weighted by Crippen LogP contribution is 2.26. The molecule has 21 heavy (non-hydrogen) atoms. The number of hydrogen-bond acceptors (Lipinski definition) is 5. The topological polar surface area (TPSA) is 81.7 Å². The molecular formula is C14H17NO5S. The standard InChI is InChI=1S/C14H17NO5S/c1-19-13-7-6-12(21(17,18)15-11-4-5-11)9-10(13)3-8-14(16)20-2/h3,6-9,11,15H,4-5H2,1-2H3. The van der Waals surface area contributed by atoms with Gasteiger partial charge in [-0.1, -0.05) is 0 Å². The van der Waals surface area contributed by atoms with Crippen molar-refractivity contribution in [3.63, 3.8) is 0 Å². The second-order valence-corrected chi connectivity index (χ2v) is 6.37. The minimum Gasteiger partial charge on any atom is -0.496 e. The molecule has 0 amide bonds. The number of carbonyl (C=O) groups excluding carboxylic acids is 1. The molecule has 0 heterocycles. The normalized spacial score (nSPS) is 15.1. The van der Waals surface area contributed by atoms with E-state index in [9.17, 15) is 13.2 Å². The fourth-order valence-corrected chi connectivity index (χ4v) is 3.06. The lowest BCUT2D eigenvalue weighted by Gasteiger charge is -2.09. The van der Waals surface area contributed by atoms with Crippen molar-refractivity contribution in [2.45, 2.75) is 23.8 Å². The Morgan fingerprint density at radius 1 is 1.33 bits per heavy atom. The van der Waals surface area contributed by atoms with Crippen molar-refractivity contribution in [2.75, 3.05) is 14.2 Å². The third-order valence-corrected chi connectivity index (χ3v) is 4.53. The number of ether oxygens (including phenoxy) is 2. The van der Waals surface area contributed by atoms with Crippen LogP contribution in [0.25, 0.3) is 6.08 Å². The summed E-state index contributed by atoms with van der Waals surface area (Å²) in [5, 5.41) is 0. The van der Waals surface area contributed by atoms with Crippen molar-refractivity contribution in [3.05, 3.63) is 29.8 Å². The Morgan fingerprint density at radius 3 is 2.62 bits per heavy atom. The van der Waals surface area contributed by atoms with Gasteiger partial charge in [-0.05, 0) is 37.1 Å². The van der Waals surface area contributed by atoms with Crippen LogP contribution < -0.4 is 9.46 Å². The van der Waals surface area contributed by atoms with E-state index in [0.29, 0.717) is 11.3 Å². The molecule has 1 N–H and O–H groups in total. The van der Waals surface area contributed by atoms with Crippen molar-refractivity contribution >= 4 is 22.1 Å². The van der Waals surface area contributed by atoms with Gasteiger partial charge in [0.25, 0.3) is 0 Å². The number of benzene rings is 1. The molecule has 7 heteroatoms. The van der Waals surface area contributed by atoms with E-state index in [4.69, 9.17) is 4.74 Å². The van der Waals surface area contributed by atoms with Crippen LogP contribution in [0.4, 0.5) is 0 Å². The van der Waals surface area contributed by atoms with Crippen molar-refractivity contribution < 1.29 is 22.7 Å². The molecule has 0 spiro atoms. The summed E-state index contributed by atoms with van der Waals surface area (Å²) in [6, 6.07) is 4.52. The smallest absolute Gasteiger partial charge is 0.330 e. The first-order valence-electron chi connectivity index (χ1n) is 6.42. The van der Waals surface area contributed by atoms with Crippen molar-refractivity contribution in [1.82, 2.24) is 4.72 Å². The molecule has 1 aliphatic carbocycles. The average Bonchev–Trinajstić information content (AvgIpc) is 3.27. The van der Waals surface area contributed by atoms with Crippen LogP contribution in [0.5, 0.6) is 5.75 Å². The predicted molar refractivity (Wildman–Crippen MR) is 77.4 cm³/mol. The maximum atomic E-state index is 12.2. The third kappa shape index (κ3) is 4.05. The van der Waals surface area contributed by atoms with Crippen LogP contribution >= 0.6 is 0 Å². The highest BCUT2D eigenvalue weighted by atomic mass is 32.2. The monoisotopic (exact) mass is 311 g/mol. The number of sulfonamides is 1. The lowest BCUT2D eigenvalue weighted by Crippen LogP contribution is -2.25. The Morgan fingerprint density at radius 2 is 2.05 bits per heavy atom. The summed E-state index contributed by atoms with van der Waals surface area (Å²) in [5.74, 6) is -0.0538. The highest BCUT2D eigenvalue weighted by molar-refractivity contribution is 7.89. The van der Waals surface area contributed by atoms with E-state index in [1.165, 1.54) is 38.5 Å². The van der Waals surface area contributed by atoms with Gasteiger partial charge in [-0.2, -0.15) is 0 Å². The Kier molecular flexibility index (Phi) is 4.64. The second kappa shape index (κ2) is 6.28. The molecule has 0 saturated heterocycles. The molecule has 1 aromatic rings. The predicted octanol–water partition coefficient (Wildman–Crippen LogP) is 1.32. The van der Waals surface area contributed by atoms with Gasteiger partial charge in [-0.15, -0.1) is 0 Å². The van der Waals surface area contributed by atoms with Gasteiger partial charge in [-0.25, -0.2) is 17.9 Å². The molecule has 1 fully saturated rings. The first-order chi connectivity index (χ1) is 9.96. The Bertz CT molecular complexity index is 662. The van der Waals surface area contributed by atoms with Crippen LogP contribution in [0.1, 0.15) is 18.4 Å². The van der Waals surface area contributed by atoms with Gasteiger partial charge in [0, 0.05) is 17.7 Å². The minimum atomic E-state index is -3.54. The Balaban J connectivity index is 2.32. The number of esters is 1. The van der Waals surface area contributed by atoms with Gasteiger partial charge in [0.1, 0.15) is 5.75 Å². The molecule has 1 saturated carbocycles. The van der Waals surface area contributed by atoms with Gasteiger partial charge in [-0.3, -0.25) is 0 Å². The summed E-state index contributed by atoms with van der Waals surface area (Å²) in [4.78, 5) is 11.3. The minimum absolute atomic E-state index is 0.0335. The molecular weight excluding hydrogens is 294 g/mol. The maximum absolute atomic E-state index is 12.2. The van der Waals surface area contributed by atoms with Crippen molar-refractivity contribution in [3.8, 4) is 5.75 Å². The number of methoxy groups -OCH3 is 2. The van der Waals surface area contributed by atoms with Crippen LogP contribution in [0.2, 0.25) is 0 Å². The van der Waals surface area contributed by atoms with E-state index >= 15 is 0 Å². The van der Waals surface area contributed by atoms with Gasteiger partial charge in [0.05, 0.1) is 19.1 Å². The molecule has 0 atom stereocenters. The van der Waals surface area contributed by atoms with E-state index in [1.54, 1.807) is 6.07 Å². The molecule has 114 valence electrons. The van der Waals surface area contributed by atoms with Crippen LogP contribution in [-0.4, -0.2) is 34.6 Å². The fraction of sp³-hybridized carbons (Fsp3) is 0.357. The lowest BCUT2D eigenvalue weighted by atomic mass is 10.2. The van der Waals surface area contributed by atoms with Gasteiger partial charge in [0.15, 0.2) is 0 Å². The first kappa shape index (κ1) is 15.5. The van der Waals surface area contributed by atoms with E-state index in [-0.39, 0.29) is 10.9 Å². The van der Waals surface area contributed by atoms with E-state index in [2.05, 4.69) is 9.46 Å². The molecule has 1 aliphatic rings. The molecule has 0 bridgehead atoms. The van der Waals surface area contributed by atoms with E-state index < -0.39 is 16.0 Å². The van der Waals surface area contributed by atoms with Gasteiger partial charge < -0.3 is 9.47 Å². The van der Waals surface area contributed by atoms with Gasteiger partial charge >= 0.3 is 5.97 Å². The summed E-state index contributed by atoms with van der Waals surface area (Å²) in [6.07, 6.45) is 4.40. The summed E-state index contributed by atoms with van der Waals surface area (Å²) >= 11 is 0. The van der Waals surface area contributed by atoms with Crippen molar-refractivity contribution in [1.29, 1.82) is 0 Å². The molecule has 1 aromatic carbocycles. The van der Waals surface area contributed by atoms with Crippen LogP contribution in [0.3, 0.4) is 0 Å². The maximum Gasteiger partial charge on any atom is 0.330 e. The zero-order valence-electron chi connectivity index (χ0n) is 11.8. The van der Waals surface area contributed by atoms with Crippen LogP contribution in [-0.2, 0) is 19.6 Å². The third-order valence-electron chi connectivity index (χ3n) is 3.01. The zero-order valence-corrected chi connectivity index (χ0v) is 12.6. The SMILES string of the molecule is COC(=O)C=Cc1cc(S(=O)(=O)NC2CC2)ccc1OC. The molecule has 0 aromatic heterocycles. The highest BCUT2D eigenvalue weighted by Gasteiger charge is 2.28. The quantitative estimate of drug-likeness (QED) is 0.633. The first-order valence-corrected chi connectivity index (χ1v) is 7.91. The fourth-order valence-electron chi connectivity index (χ4n) is 1.72. The van der Waals surface area contributed by atoms with E-state index in [1.807, 2.05) is 0 Å². The van der Waals surface area contributed by atoms with Gasteiger partial charge in [0.2, 0.25) is 10.0 Å². The number of hydrogen-bond donors (Lipinski definition) is 1. The number of nitrogens with one attached hydrogen (secondary N) is 1. The molecule has 2 rings (SSSR count).